The van der Waals surface area contributed by atoms with Gasteiger partial charge in [0, 0.05) is 38.1 Å². The molecule has 0 aliphatic carbocycles. The minimum atomic E-state index is -0.196. The first-order chi connectivity index (χ1) is 12.5. The largest absolute Gasteiger partial charge is 0.469 e. The Hall–Kier alpha value is -1.92. The number of esters is 1. The molecular formula is C20H29N3O3. The molecule has 0 spiro atoms. The zero-order chi connectivity index (χ0) is 18.7. The van der Waals surface area contributed by atoms with E-state index in [1.807, 2.05) is 0 Å². The second-order valence-electron chi connectivity index (χ2n) is 7.44. The summed E-state index contributed by atoms with van der Waals surface area (Å²) in [6.07, 6.45) is 2.05. The van der Waals surface area contributed by atoms with Crippen LogP contribution in [0, 0.1) is 6.92 Å². The molecule has 2 aliphatic rings. The Bertz CT molecular complexity index is 646. The maximum atomic E-state index is 12.8. The smallest absolute Gasteiger partial charge is 0.305 e. The summed E-state index contributed by atoms with van der Waals surface area (Å²) in [5.41, 5.74) is 2.48. The number of aryl methyl sites for hydroxylation is 1. The van der Waals surface area contributed by atoms with Crippen molar-refractivity contribution in [3.05, 3.63) is 35.4 Å². The summed E-state index contributed by atoms with van der Waals surface area (Å²) >= 11 is 0. The quantitative estimate of drug-likeness (QED) is 0.804. The van der Waals surface area contributed by atoms with Crippen molar-refractivity contribution in [3.63, 3.8) is 0 Å². The van der Waals surface area contributed by atoms with Gasteiger partial charge in [-0.3, -0.25) is 19.4 Å². The molecule has 1 N–H and O–H groups in total. The molecule has 0 bridgehead atoms. The van der Waals surface area contributed by atoms with Crippen LogP contribution in [0.5, 0.6) is 0 Å². The number of rotatable bonds is 5. The van der Waals surface area contributed by atoms with E-state index in [1.54, 1.807) is 0 Å². The van der Waals surface area contributed by atoms with Gasteiger partial charge in [0.15, 0.2) is 0 Å². The van der Waals surface area contributed by atoms with Crippen molar-refractivity contribution in [1.29, 1.82) is 0 Å². The zero-order valence-electron chi connectivity index (χ0n) is 15.9. The van der Waals surface area contributed by atoms with Gasteiger partial charge in [-0.2, -0.15) is 0 Å². The summed E-state index contributed by atoms with van der Waals surface area (Å²) in [5, 5.41) is 3.09. The Balaban J connectivity index is 1.69. The van der Waals surface area contributed by atoms with E-state index in [9.17, 15) is 9.59 Å². The molecule has 1 aromatic rings. The molecule has 2 heterocycles. The molecule has 2 aliphatic heterocycles. The molecule has 0 aromatic heterocycles. The van der Waals surface area contributed by atoms with Crippen LogP contribution in [0.4, 0.5) is 0 Å². The van der Waals surface area contributed by atoms with E-state index >= 15 is 0 Å². The van der Waals surface area contributed by atoms with Crippen LogP contribution in [0.3, 0.4) is 0 Å². The van der Waals surface area contributed by atoms with Gasteiger partial charge in [-0.05, 0) is 32.4 Å². The number of methoxy groups -OCH3 is 1. The highest BCUT2D eigenvalue weighted by molar-refractivity contribution is 5.83. The number of nitrogens with one attached hydrogen (secondary N) is 1. The molecule has 0 unspecified atom stereocenters. The van der Waals surface area contributed by atoms with Crippen LogP contribution in [-0.2, 0) is 20.9 Å². The molecule has 1 aromatic carbocycles. The number of likely N-dealkylation sites (N-methyl/N-ethyl adjacent to an activating group) is 1. The molecule has 3 rings (SSSR count). The molecule has 1 amide bonds. The Labute approximate surface area is 155 Å². The normalized spacial score (nSPS) is 26.9. The molecule has 3 atom stereocenters. The van der Waals surface area contributed by atoms with Crippen LogP contribution >= 0.6 is 0 Å². The number of ether oxygens (including phenoxy) is 1. The van der Waals surface area contributed by atoms with Gasteiger partial charge in [0.2, 0.25) is 5.91 Å². The lowest BCUT2D eigenvalue weighted by molar-refractivity contribution is -0.141. The number of fused-ring (bicyclic) bond motifs is 1. The minimum absolute atomic E-state index is 0.104. The van der Waals surface area contributed by atoms with Gasteiger partial charge in [0.05, 0.1) is 7.11 Å². The van der Waals surface area contributed by atoms with Crippen molar-refractivity contribution in [2.45, 2.75) is 50.9 Å². The molecule has 6 nitrogen and oxygen atoms in total. The summed E-state index contributed by atoms with van der Waals surface area (Å²) in [7, 11) is 3.49. The fourth-order valence-electron chi connectivity index (χ4n) is 4.14. The summed E-state index contributed by atoms with van der Waals surface area (Å²) in [4.78, 5) is 28.8. The molecule has 6 heteroatoms. The number of carbonyl (C=O) groups is 2. The molecule has 2 fully saturated rings. The lowest BCUT2D eigenvalue weighted by atomic mass is 10.0. The van der Waals surface area contributed by atoms with E-state index in [2.05, 4.69) is 53.4 Å². The maximum Gasteiger partial charge on any atom is 0.305 e. The number of nitrogens with zero attached hydrogens (tertiary/aromatic N) is 2. The lowest BCUT2D eigenvalue weighted by Crippen LogP contribution is -2.49. The maximum absolute atomic E-state index is 12.8. The third-order valence-corrected chi connectivity index (χ3v) is 5.77. The van der Waals surface area contributed by atoms with Crippen molar-refractivity contribution >= 4 is 11.9 Å². The van der Waals surface area contributed by atoms with Gasteiger partial charge >= 0.3 is 5.97 Å². The first-order valence-electron chi connectivity index (χ1n) is 9.35. The Morgan fingerprint density at radius 1 is 1.31 bits per heavy atom. The first kappa shape index (κ1) is 18.9. The standard InChI is InChI=1S/C20H29N3O3/c1-14-4-6-15(7-5-14)13-23-11-10-17-19(23)20(25)21-12-16(22(17)2)8-9-18(24)26-3/h4-7,16-17,19H,8-13H2,1-3H3,(H,21,25)/t16-,17-,19-/m0/s1. The average molecular weight is 359 g/mol. The Kier molecular flexibility index (Phi) is 5.94. The van der Waals surface area contributed by atoms with Gasteiger partial charge in [-0.1, -0.05) is 29.8 Å². The van der Waals surface area contributed by atoms with Gasteiger partial charge in [-0.25, -0.2) is 0 Å². The monoisotopic (exact) mass is 359 g/mol. The van der Waals surface area contributed by atoms with Crippen molar-refractivity contribution in [1.82, 2.24) is 15.1 Å². The molecular weight excluding hydrogens is 330 g/mol. The molecule has 0 saturated carbocycles. The second kappa shape index (κ2) is 8.18. The second-order valence-corrected chi connectivity index (χ2v) is 7.44. The zero-order valence-corrected chi connectivity index (χ0v) is 15.9. The van der Waals surface area contributed by atoms with E-state index in [0.717, 1.165) is 19.5 Å². The molecule has 142 valence electrons. The van der Waals surface area contributed by atoms with Gasteiger partial charge < -0.3 is 10.1 Å². The SMILES string of the molecule is COC(=O)CC[C@H]1CNC(=O)[C@@H]2[C@H](CCN2Cc2ccc(C)cc2)N1C. The molecule has 26 heavy (non-hydrogen) atoms. The van der Waals surface area contributed by atoms with Crippen molar-refractivity contribution in [2.24, 2.45) is 0 Å². The van der Waals surface area contributed by atoms with Crippen molar-refractivity contribution in [3.8, 4) is 0 Å². The van der Waals surface area contributed by atoms with Crippen LogP contribution in [0.1, 0.15) is 30.4 Å². The van der Waals surface area contributed by atoms with E-state index in [0.29, 0.717) is 19.4 Å². The Morgan fingerprint density at radius 3 is 2.73 bits per heavy atom. The molecule has 0 radical (unpaired) electrons. The van der Waals surface area contributed by atoms with Crippen molar-refractivity contribution in [2.75, 3.05) is 27.2 Å². The van der Waals surface area contributed by atoms with Crippen LogP contribution in [0.2, 0.25) is 0 Å². The average Bonchev–Trinajstić information content (AvgIpc) is 3.01. The van der Waals surface area contributed by atoms with E-state index in [-0.39, 0.29) is 30.0 Å². The summed E-state index contributed by atoms with van der Waals surface area (Å²) in [5.74, 6) is -0.0926. The minimum Gasteiger partial charge on any atom is -0.469 e. The van der Waals surface area contributed by atoms with E-state index in [4.69, 9.17) is 4.74 Å². The number of carbonyl (C=O) groups excluding carboxylic acids is 2. The summed E-state index contributed by atoms with van der Waals surface area (Å²) < 4.78 is 4.75. The third-order valence-electron chi connectivity index (χ3n) is 5.77. The third kappa shape index (κ3) is 4.07. The van der Waals surface area contributed by atoms with Crippen LogP contribution in [0.15, 0.2) is 24.3 Å². The lowest BCUT2D eigenvalue weighted by Gasteiger charge is -2.33. The van der Waals surface area contributed by atoms with Crippen LogP contribution in [-0.4, -0.2) is 67.0 Å². The highest BCUT2D eigenvalue weighted by Gasteiger charge is 2.44. The highest BCUT2D eigenvalue weighted by atomic mass is 16.5. The van der Waals surface area contributed by atoms with Crippen molar-refractivity contribution < 1.29 is 14.3 Å². The van der Waals surface area contributed by atoms with Crippen LogP contribution in [0.25, 0.3) is 0 Å². The predicted molar refractivity (Wildman–Crippen MR) is 99.6 cm³/mol. The first-order valence-corrected chi connectivity index (χ1v) is 9.35. The topological polar surface area (TPSA) is 61.9 Å². The fourth-order valence-corrected chi connectivity index (χ4v) is 4.14. The number of benzene rings is 1. The number of amides is 1. The van der Waals surface area contributed by atoms with E-state index < -0.39 is 0 Å². The van der Waals surface area contributed by atoms with Gasteiger partial charge in [0.25, 0.3) is 0 Å². The van der Waals surface area contributed by atoms with Gasteiger partial charge in [0.1, 0.15) is 6.04 Å². The Morgan fingerprint density at radius 2 is 2.04 bits per heavy atom. The fraction of sp³-hybridized carbons (Fsp3) is 0.600. The summed E-state index contributed by atoms with van der Waals surface area (Å²) in [6, 6.07) is 8.72. The number of hydrogen-bond donors (Lipinski definition) is 1. The predicted octanol–water partition coefficient (Wildman–Crippen LogP) is 1.32. The van der Waals surface area contributed by atoms with Crippen LogP contribution < -0.4 is 5.32 Å². The van der Waals surface area contributed by atoms with E-state index in [1.165, 1.54) is 18.2 Å². The highest BCUT2D eigenvalue weighted by Crippen LogP contribution is 2.28. The number of likely N-dealkylation sites (tertiary alicyclic amines) is 1. The van der Waals surface area contributed by atoms with Gasteiger partial charge in [-0.15, -0.1) is 0 Å². The molecule has 2 saturated heterocycles. The number of hydrogen-bond acceptors (Lipinski definition) is 5. The summed E-state index contributed by atoms with van der Waals surface area (Å²) in [6.45, 7) is 4.36.